The van der Waals surface area contributed by atoms with Gasteiger partial charge in [0.05, 0.1) is 18.2 Å². The van der Waals surface area contributed by atoms with E-state index < -0.39 is 5.97 Å². The van der Waals surface area contributed by atoms with Gasteiger partial charge in [-0.25, -0.2) is 5.01 Å². The molecule has 0 spiro atoms. The van der Waals surface area contributed by atoms with Crippen molar-refractivity contribution >= 4 is 46.9 Å². The Morgan fingerprint density at radius 3 is 2.32 bits per heavy atom. The molecular weight excluding hydrogens is 435 g/mol. The lowest BCUT2D eigenvalue weighted by Gasteiger charge is -2.29. The van der Waals surface area contributed by atoms with E-state index in [0.29, 0.717) is 10.0 Å². The molecule has 0 bridgehead atoms. The first-order valence-electron chi connectivity index (χ1n) is 10.3. The highest BCUT2D eigenvalue weighted by Crippen LogP contribution is 2.44. The number of amides is 1. The molecule has 5 nitrogen and oxygen atoms in total. The van der Waals surface area contributed by atoms with Crippen LogP contribution in [-0.2, 0) is 9.59 Å². The van der Waals surface area contributed by atoms with Crippen LogP contribution in [0.1, 0.15) is 49.3 Å². The molecule has 1 fully saturated rings. The molecule has 4 rings (SSSR count). The van der Waals surface area contributed by atoms with Crippen molar-refractivity contribution in [1.29, 1.82) is 0 Å². The quantitative estimate of drug-likeness (QED) is 0.601. The molecule has 2 aromatic carbocycles. The normalized spacial score (nSPS) is 21.7. The van der Waals surface area contributed by atoms with Gasteiger partial charge in [0.2, 0.25) is 5.91 Å². The molecule has 1 saturated carbocycles. The number of carboxylic acids is 1. The van der Waals surface area contributed by atoms with Gasteiger partial charge in [-0.05, 0) is 66.3 Å². The van der Waals surface area contributed by atoms with Crippen LogP contribution in [0, 0.1) is 5.92 Å². The molecular formula is C24H22Cl2N2O3. The minimum absolute atomic E-state index is 0.0576. The van der Waals surface area contributed by atoms with Gasteiger partial charge in [0.1, 0.15) is 0 Å². The number of nitrogens with zero attached hydrogens (tertiary/aromatic N) is 2. The third-order valence-corrected chi connectivity index (χ3v) is 6.24. The maximum Gasteiger partial charge on any atom is 0.303 e. The zero-order valence-electron chi connectivity index (χ0n) is 16.8. The van der Waals surface area contributed by atoms with Gasteiger partial charge < -0.3 is 5.11 Å². The summed E-state index contributed by atoms with van der Waals surface area (Å²) in [5.41, 5.74) is 3.99. The fourth-order valence-corrected chi connectivity index (χ4v) is 4.54. The van der Waals surface area contributed by atoms with Crippen molar-refractivity contribution in [2.24, 2.45) is 11.0 Å². The summed E-state index contributed by atoms with van der Waals surface area (Å²) in [6.07, 6.45) is 4.58. The predicted octanol–water partition coefficient (Wildman–Crippen LogP) is 5.98. The number of hydrogen-bond acceptors (Lipinski definition) is 3. The van der Waals surface area contributed by atoms with Crippen molar-refractivity contribution in [3.8, 4) is 0 Å². The monoisotopic (exact) mass is 456 g/mol. The van der Waals surface area contributed by atoms with E-state index in [-0.39, 0.29) is 30.7 Å². The molecule has 1 aliphatic heterocycles. The maximum atomic E-state index is 12.9. The summed E-state index contributed by atoms with van der Waals surface area (Å²) in [4.78, 5) is 23.9. The molecule has 2 atom stereocenters. The summed E-state index contributed by atoms with van der Waals surface area (Å²) >= 11 is 12.1. The van der Waals surface area contributed by atoms with E-state index in [0.717, 1.165) is 41.7 Å². The van der Waals surface area contributed by atoms with E-state index in [1.165, 1.54) is 5.01 Å². The van der Waals surface area contributed by atoms with Gasteiger partial charge in [0, 0.05) is 22.4 Å². The number of hydrazone groups is 1. The molecule has 2 aliphatic rings. The number of rotatable bonds is 5. The van der Waals surface area contributed by atoms with Gasteiger partial charge in [0.15, 0.2) is 0 Å². The summed E-state index contributed by atoms with van der Waals surface area (Å²) in [7, 11) is 0. The number of carboxylic acid groups (broad SMARTS) is 1. The van der Waals surface area contributed by atoms with Crippen LogP contribution in [0.3, 0.4) is 0 Å². The van der Waals surface area contributed by atoms with Gasteiger partial charge in [-0.2, -0.15) is 5.10 Å². The third-order valence-electron chi connectivity index (χ3n) is 5.73. The van der Waals surface area contributed by atoms with Crippen LogP contribution in [0.25, 0.3) is 6.08 Å². The lowest BCUT2D eigenvalue weighted by atomic mass is 9.77. The van der Waals surface area contributed by atoms with Crippen LogP contribution in [0.2, 0.25) is 10.0 Å². The highest BCUT2D eigenvalue weighted by Gasteiger charge is 2.43. The number of allylic oxidation sites excluding steroid dienone is 1. The molecule has 0 unspecified atom stereocenters. The van der Waals surface area contributed by atoms with Crippen LogP contribution >= 0.6 is 23.2 Å². The molecule has 0 aromatic heterocycles. The number of hydrogen-bond donors (Lipinski definition) is 1. The van der Waals surface area contributed by atoms with Crippen LogP contribution in [0.15, 0.2) is 59.2 Å². The molecule has 1 amide bonds. The van der Waals surface area contributed by atoms with Crippen LogP contribution in [0.5, 0.6) is 0 Å². The Bertz CT molecular complexity index is 1050. The molecule has 1 heterocycles. The minimum Gasteiger partial charge on any atom is -0.481 e. The summed E-state index contributed by atoms with van der Waals surface area (Å²) in [6.45, 7) is 0. The number of benzene rings is 2. The smallest absolute Gasteiger partial charge is 0.303 e. The van der Waals surface area contributed by atoms with Crippen molar-refractivity contribution in [2.45, 2.75) is 38.1 Å². The fraction of sp³-hybridized carbons (Fsp3) is 0.292. The zero-order valence-corrected chi connectivity index (χ0v) is 18.3. The average molecular weight is 457 g/mol. The van der Waals surface area contributed by atoms with E-state index in [1.54, 1.807) is 0 Å². The molecule has 160 valence electrons. The fourth-order valence-electron chi connectivity index (χ4n) is 4.29. The zero-order chi connectivity index (χ0) is 22.0. The number of carbonyl (C=O) groups is 2. The largest absolute Gasteiger partial charge is 0.481 e. The second-order valence-corrected chi connectivity index (χ2v) is 8.71. The summed E-state index contributed by atoms with van der Waals surface area (Å²) < 4.78 is 0. The first-order chi connectivity index (χ1) is 14.9. The second-order valence-electron chi connectivity index (χ2n) is 7.83. The number of fused-ring (bicyclic) bond motifs is 1. The van der Waals surface area contributed by atoms with Gasteiger partial charge >= 0.3 is 5.97 Å². The first-order valence-corrected chi connectivity index (χ1v) is 11.0. The van der Waals surface area contributed by atoms with Crippen molar-refractivity contribution < 1.29 is 14.7 Å². The molecule has 7 heteroatoms. The Morgan fingerprint density at radius 2 is 1.68 bits per heavy atom. The Kier molecular flexibility index (Phi) is 6.44. The van der Waals surface area contributed by atoms with Gasteiger partial charge in [0.25, 0.3) is 0 Å². The van der Waals surface area contributed by atoms with E-state index >= 15 is 0 Å². The molecule has 2 aromatic rings. The number of carbonyl (C=O) groups excluding carboxylic acids is 1. The van der Waals surface area contributed by atoms with E-state index in [9.17, 15) is 9.59 Å². The Morgan fingerprint density at radius 1 is 1.03 bits per heavy atom. The molecule has 0 saturated heterocycles. The van der Waals surface area contributed by atoms with Crippen molar-refractivity contribution in [3.63, 3.8) is 0 Å². The Labute approximate surface area is 191 Å². The standard InChI is InChI=1S/C24H22Cl2N2O3/c25-18-8-4-15(5-9-18)14-17-2-1-3-20-23(17)27-28(21(29)12-13-22(30)31)24(20)16-6-10-19(26)11-7-16/h4-11,14,20,24H,1-3,12-13H2,(H,30,31)/b17-14+/t20-,24+/m0/s1. The van der Waals surface area contributed by atoms with E-state index in [2.05, 4.69) is 6.08 Å². The van der Waals surface area contributed by atoms with Crippen LogP contribution in [-0.4, -0.2) is 27.7 Å². The maximum absolute atomic E-state index is 12.9. The van der Waals surface area contributed by atoms with E-state index in [1.807, 2.05) is 48.5 Å². The summed E-state index contributed by atoms with van der Waals surface area (Å²) in [6, 6.07) is 14.8. The lowest BCUT2D eigenvalue weighted by Crippen LogP contribution is -2.32. The highest BCUT2D eigenvalue weighted by atomic mass is 35.5. The summed E-state index contributed by atoms with van der Waals surface area (Å²) in [5, 5.41) is 16.6. The van der Waals surface area contributed by atoms with Crippen molar-refractivity contribution in [3.05, 3.63) is 75.3 Å². The van der Waals surface area contributed by atoms with Crippen molar-refractivity contribution in [2.75, 3.05) is 0 Å². The van der Waals surface area contributed by atoms with Gasteiger partial charge in [-0.1, -0.05) is 47.5 Å². The molecule has 1 N–H and O–H groups in total. The Balaban J connectivity index is 1.70. The van der Waals surface area contributed by atoms with Gasteiger partial charge in [-0.3, -0.25) is 9.59 Å². The molecule has 31 heavy (non-hydrogen) atoms. The van der Waals surface area contributed by atoms with Crippen LogP contribution in [0.4, 0.5) is 0 Å². The predicted molar refractivity (Wildman–Crippen MR) is 122 cm³/mol. The topological polar surface area (TPSA) is 70.0 Å². The SMILES string of the molecule is O=C(O)CCC(=O)N1N=C2/C(=C/c3ccc(Cl)cc3)CCC[C@@H]2[C@H]1c1ccc(Cl)cc1. The number of aliphatic carboxylic acids is 1. The average Bonchev–Trinajstić information content (AvgIpc) is 3.15. The second kappa shape index (κ2) is 9.25. The van der Waals surface area contributed by atoms with Gasteiger partial charge in [-0.15, -0.1) is 0 Å². The van der Waals surface area contributed by atoms with Crippen LogP contribution < -0.4 is 0 Å². The summed E-state index contributed by atoms with van der Waals surface area (Å²) in [5.74, 6) is -1.22. The lowest BCUT2D eigenvalue weighted by molar-refractivity contribution is -0.141. The van der Waals surface area contributed by atoms with E-state index in [4.69, 9.17) is 33.4 Å². The molecule has 1 aliphatic carbocycles. The number of halogens is 2. The third kappa shape index (κ3) is 4.83. The molecule has 0 radical (unpaired) electrons. The first kappa shape index (κ1) is 21.6. The highest BCUT2D eigenvalue weighted by molar-refractivity contribution is 6.30. The Hall–Kier alpha value is -2.63. The van der Waals surface area contributed by atoms with Crippen molar-refractivity contribution in [1.82, 2.24) is 5.01 Å². The minimum atomic E-state index is -0.996.